The minimum atomic E-state index is 0. The molecule has 2 heterocycles. The van der Waals surface area contributed by atoms with E-state index < -0.39 is 0 Å². The first-order valence-electron chi connectivity index (χ1n) is 11.8. The minimum absolute atomic E-state index is 0. The summed E-state index contributed by atoms with van der Waals surface area (Å²) in [5.41, 5.74) is 0. The van der Waals surface area contributed by atoms with Crippen LogP contribution in [0.2, 0.25) is 0 Å². The average Bonchev–Trinajstić information content (AvgIpc) is 3.17. The molecule has 1 amide bonds. The molecule has 1 aliphatic carbocycles. The van der Waals surface area contributed by atoms with E-state index in [0.717, 1.165) is 90.2 Å². The second-order valence-electron chi connectivity index (χ2n) is 8.86. The van der Waals surface area contributed by atoms with Crippen LogP contribution in [0, 0.1) is 11.8 Å². The third-order valence-electron chi connectivity index (χ3n) is 7.06. The summed E-state index contributed by atoms with van der Waals surface area (Å²) in [7, 11) is 1.89. The topological polar surface area (TPSA) is 54.4 Å². The number of rotatable bonds is 8. The van der Waals surface area contributed by atoms with Crippen molar-refractivity contribution in [1.82, 2.24) is 24.9 Å². The highest BCUT2D eigenvalue weighted by Crippen LogP contribution is 2.28. The molecule has 8 heteroatoms. The summed E-state index contributed by atoms with van der Waals surface area (Å²) in [6, 6.07) is 0. The number of hydrogen-bond acceptors (Lipinski definition) is 4. The van der Waals surface area contributed by atoms with Gasteiger partial charge >= 0.3 is 0 Å². The van der Waals surface area contributed by atoms with Crippen molar-refractivity contribution in [3.05, 3.63) is 0 Å². The van der Waals surface area contributed by atoms with E-state index in [4.69, 9.17) is 0 Å². The standard InChI is InChI=1S/C22H42N6O.HI/c1-4-25(5-2)17-19-9-11-28(18-19)22(23-3)24-10-12-26-13-15-27(16-14-26)21(29)20-7-6-8-20;/h19-20H,4-18H2,1-3H3,(H,23,24);1H. The molecule has 7 nitrogen and oxygen atoms in total. The van der Waals surface area contributed by atoms with Crippen molar-refractivity contribution in [1.29, 1.82) is 0 Å². The molecule has 1 unspecified atom stereocenters. The number of amides is 1. The molecule has 0 spiro atoms. The quantitative estimate of drug-likeness (QED) is 0.293. The zero-order valence-corrected chi connectivity index (χ0v) is 21.6. The number of guanidine groups is 1. The summed E-state index contributed by atoms with van der Waals surface area (Å²) in [4.78, 5) is 26.4. The second kappa shape index (κ2) is 13.1. The smallest absolute Gasteiger partial charge is 0.225 e. The van der Waals surface area contributed by atoms with E-state index in [2.05, 4.69) is 43.8 Å². The fourth-order valence-electron chi connectivity index (χ4n) is 4.78. The van der Waals surface area contributed by atoms with Crippen LogP contribution >= 0.6 is 24.0 Å². The number of nitrogens with one attached hydrogen (secondary N) is 1. The Bertz CT molecular complexity index is 544. The molecular weight excluding hydrogens is 491 g/mol. The number of aliphatic imine (C=N–C) groups is 1. The van der Waals surface area contributed by atoms with Crippen molar-refractivity contribution < 1.29 is 4.79 Å². The summed E-state index contributed by atoms with van der Waals surface area (Å²) in [5.74, 6) is 2.53. The molecule has 0 radical (unpaired) electrons. The molecule has 1 saturated carbocycles. The Morgan fingerprint density at radius 1 is 1.03 bits per heavy atom. The lowest BCUT2D eigenvalue weighted by Crippen LogP contribution is -2.52. The molecule has 0 aromatic carbocycles. The normalized spacial score (nSPS) is 23.5. The number of halogens is 1. The average molecular weight is 535 g/mol. The predicted octanol–water partition coefficient (Wildman–Crippen LogP) is 1.79. The van der Waals surface area contributed by atoms with Crippen molar-refractivity contribution in [2.24, 2.45) is 16.8 Å². The van der Waals surface area contributed by atoms with Crippen molar-refractivity contribution in [3.8, 4) is 0 Å². The number of carbonyl (C=O) groups excluding carboxylic acids is 1. The SMILES string of the molecule is CCN(CC)CC1CCN(C(=NC)NCCN2CCN(C(=O)C3CCC3)CC2)C1.I. The van der Waals surface area contributed by atoms with Crippen LogP contribution in [0.1, 0.15) is 39.5 Å². The predicted molar refractivity (Wildman–Crippen MR) is 135 cm³/mol. The van der Waals surface area contributed by atoms with E-state index in [1.807, 2.05) is 7.05 Å². The Morgan fingerprint density at radius 3 is 2.30 bits per heavy atom. The Labute approximate surface area is 200 Å². The maximum absolute atomic E-state index is 12.4. The highest BCUT2D eigenvalue weighted by molar-refractivity contribution is 14.0. The Morgan fingerprint density at radius 2 is 1.73 bits per heavy atom. The van der Waals surface area contributed by atoms with Crippen LogP contribution in [0.15, 0.2) is 4.99 Å². The monoisotopic (exact) mass is 534 g/mol. The van der Waals surface area contributed by atoms with Gasteiger partial charge in [-0.1, -0.05) is 20.3 Å². The maximum Gasteiger partial charge on any atom is 0.225 e. The van der Waals surface area contributed by atoms with E-state index in [1.54, 1.807) is 0 Å². The van der Waals surface area contributed by atoms with Gasteiger partial charge in [0.1, 0.15) is 0 Å². The van der Waals surface area contributed by atoms with Crippen LogP contribution in [-0.2, 0) is 4.79 Å². The summed E-state index contributed by atoms with van der Waals surface area (Å²) < 4.78 is 0. The number of carbonyl (C=O) groups is 1. The third kappa shape index (κ3) is 6.95. The van der Waals surface area contributed by atoms with Crippen LogP contribution in [0.4, 0.5) is 0 Å². The molecule has 3 rings (SSSR count). The van der Waals surface area contributed by atoms with Gasteiger partial charge in [-0.25, -0.2) is 0 Å². The van der Waals surface area contributed by atoms with Gasteiger partial charge in [0.25, 0.3) is 0 Å². The molecule has 0 bridgehead atoms. The van der Waals surface area contributed by atoms with Crippen LogP contribution in [0.3, 0.4) is 0 Å². The van der Waals surface area contributed by atoms with E-state index in [1.165, 1.54) is 19.4 Å². The number of piperazine rings is 1. The molecule has 174 valence electrons. The van der Waals surface area contributed by atoms with E-state index >= 15 is 0 Å². The molecule has 0 aromatic heterocycles. The van der Waals surface area contributed by atoms with E-state index in [0.29, 0.717) is 11.8 Å². The van der Waals surface area contributed by atoms with Crippen LogP contribution in [0.5, 0.6) is 0 Å². The molecule has 0 aromatic rings. The third-order valence-corrected chi connectivity index (χ3v) is 7.06. The van der Waals surface area contributed by atoms with Crippen molar-refractivity contribution >= 4 is 35.8 Å². The number of hydrogen-bond donors (Lipinski definition) is 1. The van der Waals surface area contributed by atoms with Crippen LogP contribution < -0.4 is 5.32 Å². The lowest BCUT2D eigenvalue weighted by molar-refractivity contribution is -0.139. The number of likely N-dealkylation sites (tertiary alicyclic amines) is 1. The molecule has 2 saturated heterocycles. The zero-order valence-electron chi connectivity index (χ0n) is 19.3. The molecule has 1 atom stereocenters. The maximum atomic E-state index is 12.4. The van der Waals surface area contributed by atoms with Gasteiger partial charge in [-0.2, -0.15) is 0 Å². The van der Waals surface area contributed by atoms with Crippen molar-refractivity contribution in [3.63, 3.8) is 0 Å². The lowest BCUT2D eigenvalue weighted by Gasteiger charge is -2.38. The van der Waals surface area contributed by atoms with Crippen LogP contribution in [-0.4, -0.2) is 111 Å². The molecule has 1 N–H and O–H groups in total. The first kappa shape index (κ1) is 25.6. The van der Waals surface area contributed by atoms with Gasteiger partial charge in [-0.15, -0.1) is 24.0 Å². The first-order valence-corrected chi connectivity index (χ1v) is 11.8. The fourth-order valence-corrected chi connectivity index (χ4v) is 4.78. The highest BCUT2D eigenvalue weighted by atomic mass is 127. The second-order valence-corrected chi connectivity index (χ2v) is 8.86. The fraction of sp³-hybridized carbons (Fsp3) is 0.909. The van der Waals surface area contributed by atoms with Crippen LogP contribution in [0.25, 0.3) is 0 Å². The van der Waals surface area contributed by atoms with Gasteiger partial charge in [-0.3, -0.25) is 14.7 Å². The summed E-state index contributed by atoms with van der Waals surface area (Å²) in [6.45, 7) is 15.9. The van der Waals surface area contributed by atoms with Gasteiger partial charge in [0.05, 0.1) is 0 Å². The summed E-state index contributed by atoms with van der Waals surface area (Å²) >= 11 is 0. The van der Waals surface area contributed by atoms with Gasteiger partial charge in [0, 0.05) is 71.9 Å². The molecule has 2 aliphatic heterocycles. The van der Waals surface area contributed by atoms with Crippen molar-refractivity contribution in [2.45, 2.75) is 39.5 Å². The first-order chi connectivity index (χ1) is 14.1. The summed E-state index contributed by atoms with van der Waals surface area (Å²) in [5, 5.41) is 3.57. The molecule has 3 fully saturated rings. The Hall–Kier alpha value is -0.610. The van der Waals surface area contributed by atoms with E-state index in [-0.39, 0.29) is 24.0 Å². The molecular formula is C22H43IN6O. The zero-order chi connectivity index (χ0) is 20.6. The van der Waals surface area contributed by atoms with Gasteiger partial charge in [-0.05, 0) is 38.3 Å². The largest absolute Gasteiger partial charge is 0.355 e. The van der Waals surface area contributed by atoms with Gasteiger partial charge in [0.15, 0.2) is 5.96 Å². The number of nitrogens with zero attached hydrogens (tertiary/aromatic N) is 5. The van der Waals surface area contributed by atoms with Gasteiger partial charge in [0.2, 0.25) is 5.91 Å². The highest BCUT2D eigenvalue weighted by Gasteiger charge is 2.31. The van der Waals surface area contributed by atoms with E-state index in [9.17, 15) is 4.79 Å². The molecule has 30 heavy (non-hydrogen) atoms. The Kier molecular flexibility index (Phi) is 11.2. The van der Waals surface area contributed by atoms with Gasteiger partial charge < -0.3 is 20.0 Å². The lowest BCUT2D eigenvalue weighted by atomic mass is 9.84. The minimum Gasteiger partial charge on any atom is -0.355 e. The van der Waals surface area contributed by atoms with Crippen molar-refractivity contribution in [2.75, 3.05) is 79.0 Å². The summed E-state index contributed by atoms with van der Waals surface area (Å²) in [6.07, 6.45) is 4.70. The molecule has 3 aliphatic rings. The Balaban J connectivity index is 0.00000320.